The zero-order valence-electron chi connectivity index (χ0n) is 13.1. The van der Waals surface area contributed by atoms with Gasteiger partial charge in [-0.2, -0.15) is 11.3 Å². The van der Waals surface area contributed by atoms with Crippen molar-refractivity contribution in [2.24, 2.45) is 5.41 Å². The lowest BCUT2D eigenvalue weighted by molar-refractivity contribution is 0.0182. The smallest absolute Gasteiger partial charge is 0.321 e. The van der Waals surface area contributed by atoms with Crippen LogP contribution in [-0.2, 0) is 4.74 Å². The fourth-order valence-electron chi connectivity index (χ4n) is 2.68. The average Bonchev–Trinajstić information content (AvgIpc) is 2.91. The van der Waals surface area contributed by atoms with Gasteiger partial charge in [0.25, 0.3) is 0 Å². The van der Waals surface area contributed by atoms with Gasteiger partial charge >= 0.3 is 6.03 Å². The van der Waals surface area contributed by atoms with Crippen LogP contribution in [0.5, 0.6) is 0 Å². The highest BCUT2D eigenvalue weighted by molar-refractivity contribution is 7.08. The van der Waals surface area contributed by atoms with E-state index >= 15 is 0 Å². The number of nitrogens with zero attached hydrogens (tertiary/aromatic N) is 2. The van der Waals surface area contributed by atoms with E-state index in [2.05, 4.69) is 24.1 Å². The normalized spacial score (nSPS) is 16.7. The minimum atomic E-state index is -0.0524. The Hall–Kier alpha value is -1.11. The van der Waals surface area contributed by atoms with Crippen LogP contribution < -0.4 is 5.32 Å². The maximum atomic E-state index is 12.2. The van der Waals surface area contributed by atoms with Crippen LogP contribution in [0.2, 0.25) is 0 Å². The Bertz CT molecular complexity index is 442. The molecule has 0 radical (unpaired) electrons. The van der Waals surface area contributed by atoms with Gasteiger partial charge in [0.15, 0.2) is 0 Å². The number of anilines is 1. The number of morpholine rings is 1. The molecular weight excluding hydrogens is 286 g/mol. The summed E-state index contributed by atoms with van der Waals surface area (Å²) in [6.45, 7) is 9.69. The third-order valence-corrected chi connectivity index (χ3v) is 4.22. The zero-order chi connectivity index (χ0) is 15.3. The molecule has 1 fully saturated rings. The second kappa shape index (κ2) is 7.24. The Morgan fingerprint density at radius 1 is 1.48 bits per heavy atom. The van der Waals surface area contributed by atoms with Gasteiger partial charge in [0.05, 0.1) is 18.9 Å². The van der Waals surface area contributed by atoms with Gasteiger partial charge in [-0.25, -0.2) is 4.79 Å². The largest absolute Gasteiger partial charge is 0.379 e. The molecule has 0 spiro atoms. The van der Waals surface area contributed by atoms with Gasteiger partial charge in [0.2, 0.25) is 0 Å². The number of nitrogens with one attached hydrogen (secondary N) is 1. The van der Waals surface area contributed by atoms with Crippen molar-refractivity contribution in [3.63, 3.8) is 0 Å². The van der Waals surface area contributed by atoms with E-state index in [9.17, 15) is 4.79 Å². The Labute approximate surface area is 130 Å². The van der Waals surface area contributed by atoms with E-state index in [1.54, 1.807) is 16.2 Å². The van der Waals surface area contributed by atoms with Gasteiger partial charge in [0.1, 0.15) is 0 Å². The Morgan fingerprint density at radius 2 is 2.19 bits per heavy atom. The van der Waals surface area contributed by atoms with Crippen LogP contribution in [0, 0.1) is 5.41 Å². The molecule has 21 heavy (non-hydrogen) atoms. The molecule has 5 nitrogen and oxygen atoms in total. The third kappa shape index (κ3) is 5.30. The van der Waals surface area contributed by atoms with Crippen LogP contribution in [-0.4, -0.2) is 62.3 Å². The van der Waals surface area contributed by atoms with Crippen LogP contribution in [0.1, 0.15) is 13.8 Å². The summed E-state index contributed by atoms with van der Waals surface area (Å²) in [7, 11) is 1.85. The summed E-state index contributed by atoms with van der Waals surface area (Å²) >= 11 is 1.58. The minimum Gasteiger partial charge on any atom is -0.379 e. The molecule has 118 valence electrons. The van der Waals surface area contributed by atoms with E-state index in [4.69, 9.17) is 4.74 Å². The van der Waals surface area contributed by atoms with Gasteiger partial charge in [0, 0.05) is 38.6 Å². The lowest BCUT2D eigenvalue weighted by Crippen LogP contribution is -2.47. The number of urea groups is 1. The second-order valence-corrected chi connectivity index (χ2v) is 7.13. The Balaban J connectivity index is 1.81. The van der Waals surface area contributed by atoms with Crippen molar-refractivity contribution in [1.29, 1.82) is 0 Å². The molecule has 0 bridgehead atoms. The van der Waals surface area contributed by atoms with E-state index in [1.807, 2.05) is 23.9 Å². The average molecular weight is 311 g/mol. The predicted octanol–water partition coefficient (Wildman–Crippen LogP) is 2.57. The number of hydrogen-bond acceptors (Lipinski definition) is 4. The molecule has 0 atom stereocenters. The molecule has 2 rings (SSSR count). The summed E-state index contributed by atoms with van der Waals surface area (Å²) in [5.41, 5.74) is 0.917. The Kier molecular flexibility index (Phi) is 5.61. The van der Waals surface area contributed by atoms with Gasteiger partial charge in [-0.15, -0.1) is 0 Å². The number of rotatable bonds is 5. The number of amides is 2. The molecule has 2 heterocycles. The number of carbonyl (C=O) groups is 1. The highest BCUT2D eigenvalue weighted by Gasteiger charge is 2.26. The summed E-state index contributed by atoms with van der Waals surface area (Å²) in [5, 5.41) is 6.80. The molecule has 1 saturated heterocycles. The lowest BCUT2D eigenvalue weighted by Gasteiger charge is -2.37. The maximum Gasteiger partial charge on any atom is 0.321 e. The van der Waals surface area contributed by atoms with Crippen LogP contribution in [0.4, 0.5) is 10.5 Å². The molecule has 0 saturated carbocycles. The molecule has 1 aliphatic heterocycles. The monoisotopic (exact) mass is 311 g/mol. The van der Waals surface area contributed by atoms with Crippen molar-refractivity contribution in [3.8, 4) is 0 Å². The summed E-state index contributed by atoms with van der Waals surface area (Å²) in [4.78, 5) is 16.3. The van der Waals surface area contributed by atoms with E-state index < -0.39 is 0 Å². The minimum absolute atomic E-state index is 0.0524. The third-order valence-electron chi connectivity index (χ3n) is 3.54. The van der Waals surface area contributed by atoms with Crippen LogP contribution >= 0.6 is 11.3 Å². The molecule has 0 aliphatic carbocycles. The first-order valence-electron chi connectivity index (χ1n) is 7.31. The number of carbonyl (C=O) groups excluding carboxylic acids is 1. The van der Waals surface area contributed by atoms with Crippen molar-refractivity contribution >= 4 is 23.1 Å². The maximum absolute atomic E-state index is 12.2. The van der Waals surface area contributed by atoms with Crippen LogP contribution in [0.15, 0.2) is 16.8 Å². The number of thiophene rings is 1. The number of hydrogen-bond donors (Lipinski definition) is 1. The zero-order valence-corrected chi connectivity index (χ0v) is 13.9. The van der Waals surface area contributed by atoms with Gasteiger partial charge in [-0.1, -0.05) is 13.8 Å². The van der Waals surface area contributed by atoms with Crippen molar-refractivity contribution in [2.75, 3.05) is 51.8 Å². The summed E-state index contributed by atoms with van der Waals surface area (Å²) in [5.74, 6) is 0. The first-order valence-corrected chi connectivity index (χ1v) is 8.25. The summed E-state index contributed by atoms with van der Waals surface area (Å²) in [6.07, 6.45) is 0. The van der Waals surface area contributed by atoms with Crippen molar-refractivity contribution in [3.05, 3.63) is 16.8 Å². The molecule has 6 heteroatoms. The molecule has 1 aromatic heterocycles. The molecule has 1 aromatic rings. The SMILES string of the molecule is CN(CC(C)(C)CN1CCOCC1)C(=O)Nc1ccsc1. The standard InChI is InChI=1S/C15H25N3O2S/c1-15(2,12-18-5-7-20-8-6-18)11-17(3)14(19)16-13-4-9-21-10-13/h4,9-10H,5-8,11-12H2,1-3H3,(H,16,19). The topological polar surface area (TPSA) is 44.8 Å². The quantitative estimate of drug-likeness (QED) is 0.909. The molecule has 1 aliphatic rings. The van der Waals surface area contributed by atoms with E-state index in [0.717, 1.165) is 45.1 Å². The number of ether oxygens (including phenoxy) is 1. The summed E-state index contributed by atoms with van der Waals surface area (Å²) < 4.78 is 5.38. The highest BCUT2D eigenvalue weighted by atomic mass is 32.1. The van der Waals surface area contributed by atoms with E-state index in [-0.39, 0.29) is 11.4 Å². The van der Waals surface area contributed by atoms with Crippen molar-refractivity contribution in [2.45, 2.75) is 13.8 Å². The van der Waals surface area contributed by atoms with Gasteiger partial charge < -0.3 is 15.0 Å². The van der Waals surface area contributed by atoms with E-state index in [1.165, 1.54) is 0 Å². The fraction of sp³-hybridized carbons (Fsp3) is 0.667. The summed E-state index contributed by atoms with van der Waals surface area (Å²) in [6, 6.07) is 1.86. The highest BCUT2D eigenvalue weighted by Crippen LogP contribution is 2.20. The predicted molar refractivity (Wildman–Crippen MR) is 87.0 cm³/mol. The van der Waals surface area contributed by atoms with Crippen molar-refractivity contribution < 1.29 is 9.53 Å². The van der Waals surface area contributed by atoms with Crippen LogP contribution in [0.3, 0.4) is 0 Å². The molecule has 1 N–H and O–H groups in total. The van der Waals surface area contributed by atoms with Gasteiger partial charge in [-0.05, 0) is 16.9 Å². The van der Waals surface area contributed by atoms with E-state index in [0.29, 0.717) is 0 Å². The second-order valence-electron chi connectivity index (χ2n) is 6.35. The van der Waals surface area contributed by atoms with Crippen LogP contribution in [0.25, 0.3) is 0 Å². The van der Waals surface area contributed by atoms with Gasteiger partial charge in [-0.3, -0.25) is 4.90 Å². The molecular formula is C15H25N3O2S. The fourth-order valence-corrected chi connectivity index (χ4v) is 3.27. The Morgan fingerprint density at radius 3 is 2.81 bits per heavy atom. The van der Waals surface area contributed by atoms with Crippen molar-refractivity contribution in [1.82, 2.24) is 9.80 Å². The lowest BCUT2D eigenvalue weighted by atomic mass is 9.92. The molecule has 0 aromatic carbocycles. The molecule has 0 unspecified atom stereocenters. The molecule has 2 amide bonds. The first kappa shape index (κ1) is 16.3. The first-order chi connectivity index (χ1) is 9.96.